The van der Waals surface area contributed by atoms with Crippen LogP contribution in [-0.4, -0.2) is 33.2 Å². The number of piperidine rings is 1. The lowest BCUT2D eigenvalue weighted by molar-refractivity contribution is -0.141. The Hall–Kier alpha value is -1.65. The van der Waals surface area contributed by atoms with Crippen LogP contribution in [0.3, 0.4) is 0 Å². The van der Waals surface area contributed by atoms with Gasteiger partial charge < -0.3 is 4.98 Å². The number of nitrogens with one attached hydrogen (secondary N) is 1. The molecule has 1 saturated carbocycles. The van der Waals surface area contributed by atoms with Crippen molar-refractivity contribution in [1.82, 2.24) is 14.9 Å². The number of fused-ring (bicyclic) bond motifs is 1. The minimum Gasteiger partial charge on any atom is -0.349 e. The van der Waals surface area contributed by atoms with Crippen LogP contribution in [-0.2, 0) is 16.0 Å². The summed E-state index contributed by atoms with van der Waals surface area (Å²) < 4.78 is 0. The van der Waals surface area contributed by atoms with Crippen LogP contribution in [0.2, 0.25) is 0 Å². The van der Waals surface area contributed by atoms with E-state index in [9.17, 15) is 9.59 Å². The van der Waals surface area contributed by atoms with Crippen molar-refractivity contribution in [2.75, 3.05) is 6.54 Å². The second kappa shape index (κ2) is 3.43. The number of likely N-dealkylation sites (tertiary alicyclic amines) is 1. The van der Waals surface area contributed by atoms with Crippen LogP contribution < -0.4 is 0 Å². The van der Waals surface area contributed by atoms with E-state index >= 15 is 0 Å². The first-order chi connectivity index (χ1) is 7.77. The highest BCUT2D eigenvalue weighted by Crippen LogP contribution is 2.46. The smallest absolute Gasteiger partial charge is 0.233 e. The zero-order valence-electron chi connectivity index (χ0n) is 8.85. The first-order valence-electron chi connectivity index (χ1n) is 5.61. The molecule has 1 aromatic rings. The van der Waals surface area contributed by atoms with Crippen molar-refractivity contribution < 1.29 is 9.59 Å². The molecule has 84 valence electrons. The van der Waals surface area contributed by atoms with E-state index in [0.29, 0.717) is 6.54 Å². The Bertz CT molecular complexity index is 406. The summed E-state index contributed by atoms with van der Waals surface area (Å²) in [4.78, 5) is 31.8. The normalized spacial score (nSPS) is 27.4. The average molecular weight is 219 g/mol. The van der Waals surface area contributed by atoms with Gasteiger partial charge in [-0.15, -0.1) is 0 Å². The Morgan fingerprint density at radius 3 is 2.75 bits per heavy atom. The fourth-order valence-electron chi connectivity index (χ4n) is 2.31. The van der Waals surface area contributed by atoms with Crippen LogP contribution in [0.5, 0.6) is 0 Å². The zero-order valence-corrected chi connectivity index (χ0v) is 8.85. The van der Waals surface area contributed by atoms with Gasteiger partial charge in [-0.1, -0.05) is 0 Å². The van der Waals surface area contributed by atoms with Crippen LogP contribution in [0.1, 0.15) is 18.7 Å². The number of aromatic nitrogens is 2. The van der Waals surface area contributed by atoms with Crippen molar-refractivity contribution in [3.05, 3.63) is 18.2 Å². The topological polar surface area (TPSA) is 66.1 Å². The number of carbonyl (C=O) groups is 2. The summed E-state index contributed by atoms with van der Waals surface area (Å²) in [5, 5.41) is 0. The van der Waals surface area contributed by atoms with Crippen LogP contribution in [0.25, 0.3) is 0 Å². The van der Waals surface area contributed by atoms with Gasteiger partial charge in [0.2, 0.25) is 11.8 Å². The maximum atomic E-state index is 11.6. The summed E-state index contributed by atoms with van der Waals surface area (Å²) in [5.41, 5.74) is 0. The minimum atomic E-state index is 0.0242. The zero-order chi connectivity index (χ0) is 11.1. The van der Waals surface area contributed by atoms with Crippen LogP contribution in [0, 0.1) is 11.8 Å². The predicted octanol–water partition coefficient (Wildman–Crippen LogP) is 0.347. The van der Waals surface area contributed by atoms with Gasteiger partial charge in [-0.2, -0.15) is 0 Å². The number of amides is 2. The largest absolute Gasteiger partial charge is 0.349 e. The molecule has 2 aliphatic rings. The highest BCUT2D eigenvalue weighted by Gasteiger charge is 2.58. The van der Waals surface area contributed by atoms with Gasteiger partial charge in [-0.05, 0) is 12.8 Å². The molecule has 16 heavy (non-hydrogen) atoms. The molecule has 0 bridgehead atoms. The molecular formula is C11H13N3O2. The summed E-state index contributed by atoms with van der Waals surface area (Å²) in [5.74, 6) is 1.03. The number of imide groups is 1. The molecule has 1 saturated heterocycles. The molecule has 3 rings (SSSR count). The lowest BCUT2D eigenvalue weighted by Crippen LogP contribution is -2.34. The first kappa shape index (κ1) is 9.57. The van der Waals surface area contributed by atoms with E-state index in [1.807, 2.05) is 0 Å². The number of aromatic amines is 1. The van der Waals surface area contributed by atoms with Gasteiger partial charge in [0.05, 0.1) is 11.8 Å². The standard InChI is InChI=1S/C11H13N3O2/c15-10-7-6-8(7)11(16)14(10)5-1-2-9-12-3-4-13-9/h3-4,7-8H,1-2,5-6H2,(H,12,13). The van der Waals surface area contributed by atoms with Gasteiger partial charge in [0.15, 0.2) is 0 Å². The monoisotopic (exact) mass is 219 g/mol. The van der Waals surface area contributed by atoms with Crippen molar-refractivity contribution >= 4 is 11.8 Å². The Morgan fingerprint density at radius 1 is 1.38 bits per heavy atom. The van der Waals surface area contributed by atoms with E-state index in [0.717, 1.165) is 25.1 Å². The molecule has 2 fully saturated rings. The van der Waals surface area contributed by atoms with E-state index < -0.39 is 0 Å². The van der Waals surface area contributed by atoms with Gasteiger partial charge in [-0.25, -0.2) is 4.98 Å². The molecule has 0 aromatic carbocycles. The number of nitrogens with zero attached hydrogens (tertiary/aromatic N) is 2. The second-order valence-corrected chi connectivity index (χ2v) is 4.42. The highest BCUT2D eigenvalue weighted by atomic mass is 16.2. The quantitative estimate of drug-likeness (QED) is 0.743. The summed E-state index contributed by atoms with van der Waals surface area (Å²) in [7, 11) is 0. The molecule has 5 heteroatoms. The summed E-state index contributed by atoms with van der Waals surface area (Å²) in [6.45, 7) is 0.533. The average Bonchev–Trinajstić information content (AvgIpc) is 2.85. The van der Waals surface area contributed by atoms with Crippen LogP contribution in [0.15, 0.2) is 12.4 Å². The maximum Gasteiger partial charge on any atom is 0.233 e. The third-order valence-electron chi connectivity index (χ3n) is 3.31. The first-order valence-corrected chi connectivity index (χ1v) is 5.61. The second-order valence-electron chi connectivity index (χ2n) is 4.42. The van der Waals surface area contributed by atoms with E-state index in [1.54, 1.807) is 12.4 Å². The number of hydrogen-bond donors (Lipinski definition) is 1. The van der Waals surface area contributed by atoms with Crippen molar-refractivity contribution in [3.8, 4) is 0 Å². The number of rotatable bonds is 4. The van der Waals surface area contributed by atoms with Gasteiger partial charge in [0.1, 0.15) is 5.82 Å². The number of hydrogen-bond acceptors (Lipinski definition) is 3. The molecule has 1 N–H and O–H groups in total. The summed E-state index contributed by atoms with van der Waals surface area (Å²) >= 11 is 0. The molecule has 2 unspecified atom stereocenters. The maximum absolute atomic E-state index is 11.6. The van der Waals surface area contributed by atoms with Gasteiger partial charge in [0.25, 0.3) is 0 Å². The molecule has 1 aliphatic carbocycles. The lowest BCUT2D eigenvalue weighted by Gasteiger charge is -2.15. The molecule has 1 aliphatic heterocycles. The Morgan fingerprint density at radius 2 is 2.12 bits per heavy atom. The molecule has 0 spiro atoms. The van der Waals surface area contributed by atoms with Crippen LogP contribution in [0.4, 0.5) is 0 Å². The predicted molar refractivity (Wildman–Crippen MR) is 55.2 cm³/mol. The molecule has 2 amide bonds. The van der Waals surface area contributed by atoms with E-state index in [2.05, 4.69) is 9.97 Å². The number of imidazole rings is 1. The van der Waals surface area contributed by atoms with E-state index in [-0.39, 0.29) is 23.7 Å². The number of H-pyrrole nitrogens is 1. The molecule has 0 radical (unpaired) electrons. The van der Waals surface area contributed by atoms with Crippen molar-refractivity contribution in [2.24, 2.45) is 11.8 Å². The van der Waals surface area contributed by atoms with E-state index in [1.165, 1.54) is 4.90 Å². The van der Waals surface area contributed by atoms with Crippen molar-refractivity contribution in [1.29, 1.82) is 0 Å². The summed E-state index contributed by atoms with van der Waals surface area (Å²) in [6, 6.07) is 0. The van der Waals surface area contributed by atoms with Gasteiger partial charge in [0, 0.05) is 25.4 Å². The number of carbonyl (C=O) groups excluding carboxylic acids is 2. The SMILES string of the molecule is O=C1C2CC2C(=O)N1CCCc1ncc[nH]1. The molecule has 2 atom stereocenters. The fraction of sp³-hybridized carbons (Fsp3) is 0.545. The Labute approximate surface area is 92.9 Å². The summed E-state index contributed by atoms with van der Waals surface area (Å²) in [6.07, 6.45) is 5.82. The van der Waals surface area contributed by atoms with Gasteiger partial charge >= 0.3 is 0 Å². The Kier molecular flexibility index (Phi) is 2.05. The molecular weight excluding hydrogens is 206 g/mol. The highest BCUT2D eigenvalue weighted by molar-refractivity contribution is 6.08. The molecule has 1 aromatic heterocycles. The lowest BCUT2D eigenvalue weighted by atomic mass is 10.2. The fourth-order valence-corrected chi connectivity index (χ4v) is 2.31. The van der Waals surface area contributed by atoms with Crippen molar-refractivity contribution in [3.63, 3.8) is 0 Å². The molecule has 2 heterocycles. The van der Waals surface area contributed by atoms with Crippen molar-refractivity contribution in [2.45, 2.75) is 19.3 Å². The molecule has 5 nitrogen and oxygen atoms in total. The van der Waals surface area contributed by atoms with E-state index in [4.69, 9.17) is 0 Å². The number of aryl methyl sites for hydroxylation is 1. The van der Waals surface area contributed by atoms with Gasteiger partial charge in [-0.3, -0.25) is 14.5 Å². The third kappa shape index (κ3) is 1.43. The third-order valence-corrected chi connectivity index (χ3v) is 3.31. The minimum absolute atomic E-state index is 0.0242. The van der Waals surface area contributed by atoms with Crippen LogP contribution >= 0.6 is 0 Å². The Balaban J connectivity index is 1.52.